The Bertz CT molecular complexity index is 1530. The smallest absolute Gasteiger partial charge is 0.264 e. The summed E-state index contributed by atoms with van der Waals surface area (Å²) < 4.78 is 55.0. The van der Waals surface area contributed by atoms with Gasteiger partial charge in [0.25, 0.3) is 10.0 Å². The van der Waals surface area contributed by atoms with Crippen molar-refractivity contribution in [3.05, 3.63) is 76.0 Å². The number of rotatable bonds is 8. The largest absolute Gasteiger partial charge is 0.326 e. The molecule has 1 aliphatic rings. The number of halogens is 2. The van der Waals surface area contributed by atoms with E-state index in [4.69, 9.17) is 23.2 Å². The summed E-state index contributed by atoms with van der Waals surface area (Å²) in [5, 5.41) is 3.27. The summed E-state index contributed by atoms with van der Waals surface area (Å²) >= 11 is 12.3. The average Bonchev–Trinajstić information content (AvgIpc) is 2.86. The molecule has 202 valence electrons. The van der Waals surface area contributed by atoms with Crippen molar-refractivity contribution in [3.63, 3.8) is 0 Å². The van der Waals surface area contributed by atoms with Gasteiger partial charge in [-0.25, -0.2) is 35.8 Å². The molecule has 1 aliphatic heterocycles. The number of carbonyl (C=O) groups excluding carboxylic acids is 1. The Hall–Kier alpha value is -2.77. The molecule has 1 saturated heterocycles. The maximum Gasteiger partial charge on any atom is 0.264 e. The van der Waals surface area contributed by atoms with Crippen LogP contribution in [0.25, 0.3) is 0 Å². The minimum absolute atomic E-state index is 0.0170. The highest BCUT2D eigenvalue weighted by molar-refractivity contribution is 7.92. The zero-order valence-corrected chi connectivity index (χ0v) is 23.4. The summed E-state index contributed by atoms with van der Waals surface area (Å²) in [6.07, 6.45) is 2.47. The molecule has 2 heterocycles. The lowest BCUT2D eigenvalue weighted by Gasteiger charge is -2.31. The van der Waals surface area contributed by atoms with Gasteiger partial charge in [-0.05, 0) is 62.2 Å². The summed E-state index contributed by atoms with van der Waals surface area (Å²) in [5.74, 6) is -1.35. The number of carbonyl (C=O) groups is 1. The summed E-state index contributed by atoms with van der Waals surface area (Å²) in [7, 11) is -7.70. The Kier molecular flexibility index (Phi) is 8.58. The van der Waals surface area contributed by atoms with E-state index in [1.807, 2.05) is 0 Å². The summed E-state index contributed by atoms with van der Waals surface area (Å²) in [6.45, 7) is 2.02. The van der Waals surface area contributed by atoms with Gasteiger partial charge in [0.1, 0.15) is 0 Å². The van der Waals surface area contributed by atoms with Crippen LogP contribution >= 0.6 is 23.2 Å². The lowest BCUT2D eigenvalue weighted by Crippen LogP contribution is -2.44. The van der Waals surface area contributed by atoms with Crippen LogP contribution in [0.5, 0.6) is 0 Å². The molecule has 1 atom stereocenters. The second kappa shape index (κ2) is 11.5. The normalized spacial score (nSPS) is 16.7. The Morgan fingerprint density at radius 1 is 1.05 bits per heavy atom. The number of aromatic nitrogens is 2. The van der Waals surface area contributed by atoms with Gasteiger partial charge < -0.3 is 5.32 Å². The molecule has 2 aromatic carbocycles. The van der Waals surface area contributed by atoms with Crippen molar-refractivity contribution >= 4 is 60.8 Å². The second-order valence-corrected chi connectivity index (χ2v) is 13.3. The standard InChI is InChI=1S/C24H25Cl2N5O5S2/c1-16-11-12-27-24(28-16)30-38(35,36)19-9-7-18(8-10-19)29-23(32)17-4-3-13-31(14-17)37(33,34)15-20-21(25)5-2-6-22(20)26/h2,5-12,17H,3-4,13-15H2,1H3,(H,29,32)(H,27,28,30)/t17-/m1/s1. The van der Waals surface area contributed by atoms with Crippen molar-refractivity contribution in [1.29, 1.82) is 0 Å². The summed E-state index contributed by atoms with van der Waals surface area (Å²) in [5.41, 5.74) is 1.31. The Balaban J connectivity index is 1.40. The fraction of sp³-hybridized carbons (Fsp3) is 0.292. The van der Waals surface area contributed by atoms with Gasteiger partial charge in [-0.15, -0.1) is 0 Å². The predicted molar refractivity (Wildman–Crippen MR) is 146 cm³/mol. The van der Waals surface area contributed by atoms with Gasteiger partial charge in [-0.3, -0.25) is 4.79 Å². The third-order valence-electron chi connectivity index (χ3n) is 5.99. The SMILES string of the molecule is Cc1ccnc(NS(=O)(=O)c2ccc(NC(=O)[C@@H]3CCCN(S(=O)(=O)Cc4c(Cl)cccc4Cl)C3)cc2)n1. The molecule has 0 aliphatic carbocycles. The van der Waals surface area contributed by atoms with Crippen LogP contribution in [0.1, 0.15) is 24.1 Å². The van der Waals surface area contributed by atoms with E-state index in [0.29, 0.717) is 36.3 Å². The highest BCUT2D eigenvalue weighted by Crippen LogP contribution is 2.29. The average molecular weight is 599 g/mol. The van der Waals surface area contributed by atoms with Gasteiger partial charge in [0.2, 0.25) is 21.9 Å². The number of hydrogen-bond acceptors (Lipinski definition) is 7. The Labute approximate surface area is 231 Å². The molecule has 10 nitrogen and oxygen atoms in total. The molecule has 2 N–H and O–H groups in total. The van der Waals surface area contributed by atoms with E-state index < -0.39 is 26.0 Å². The van der Waals surface area contributed by atoms with Crippen LogP contribution in [-0.4, -0.2) is 50.1 Å². The number of aryl methyl sites for hydroxylation is 1. The fourth-order valence-corrected chi connectivity index (χ4v) is 7.31. The van der Waals surface area contributed by atoms with E-state index in [-0.39, 0.29) is 39.1 Å². The molecule has 4 rings (SSSR count). The molecular formula is C24H25Cl2N5O5S2. The Morgan fingerprint density at radius 3 is 2.39 bits per heavy atom. The van der Waals surface area contributed by atoms with Gasteiger partial charge in [0.15, 0.2) is 0 Å². The number of hydrogen-bond donors (Lipinski definition) is 2. The molecule has 0 unspecified atom stereocenters. The molecule has 1 fully saturated rings. The van der Waals surface area contributed by atoms with E-state index >= 15 is 0 Å². The van der Waals surface area contributed by atoms with E-state index in [2.05, 4.69) is 20.0 Å². The van der Waals surface area contributed by atoms with E-state index in [1.54, 1.807) is 31.2 Å². The van der Waals surface area contributed by atoms with Gasteiger partial charge in [0.05, 0.1) is 16.6 Å². The zero-order valence-electron chi connectivity index (χ0n) is 20.3. The number of amides is 1. The fourth-order valence-electron chi connectivity index (χ4n) is 3.99. The molecule has 14 heteroatoms. The highest BCUT2D eigenvalue weighted by atomic mass is 35.5. The first-order valence-electron chi connectivity index (χ1n) is 11.6. The molecule has 1 amide bonds. The van der Waals surface area contributed by atoms with Crippen LogP contribution in [0.2, 0.25) is 10.0 Å². The van der Waals surface area contributed by atoms with Crippen molar-refractivity contribution in [2.45, 2.75) is 30.4 Å². The maximum atomic E-state index is 13.1. The van der Waals surface area contributed by atoms with Crippen molar-refractivity contribution < 1.29 is 21.6 Å². The number of nitrogens with zero attached hydrogens (tertiary/aromatic N) is 3. The maximum absolute atomic E-state index is 13.1. The van der Waals surface area contributed by atoms with Crippen molar-refractivity contribution in [1.82, 2.24) is 14.3 Å². The van der Waals surface area contributed by atoms with Gasteiger partial charge in [-0.2, -0.15) is 0 Å². The highest BCUT2D eigenvalue weighted by Gasteiger charge is 2.33. The van der Waals surface area contributed by atoms with Crippen LogP contribution in [0, 0.1) is 12.8 Å². The second-order valence-electron chi connectivity index (χ2n) is 8.79. The molecule has 0 bridgehead atoms. The number of anilines is 2. The minimum atomic E-state index is -3.93. The summed E-state index contributed by atoms with van der Waals surface area (Å²) in [4.78, 5) is 20.8. The number of nitrogens with one attached hydrogen (secondary N) is 2. The lowest BCUT2D eigenvalue weighted by atomic mass is 9.99. The number of piperidine rings is 1. The van der Waals surface area contributed by atoms with Crippen LogP contribution < -0.4 is 10.0 Å². The molecular weight excluding hydrogens is 573 g/mol. The summed E-state index contributed by atoms with van der Waals surface area (Å²) in [6, 6.07) is 12.0. The van der Waals surface area contributed by atoms with Crippen LogP contribution in [0.3, 0.4) is 0 Å². The van der Waals surface area contributed by atoms with Crippen molar-refractivity contribution in [2.75, 3.05) is 23.1 Å². The van der Waals surface area contributed by atoms with E-state index in [0.717, 1.165) is 0 Å². The molecule has 0 radical (unpaired) electrons. The third-order valence-corrected chi connectivity index (χ3v) is 9.81. The topological polar surface area (TPSA) is 138 Å². The number of sulfonamides is 2. The van der Waals surface area contributed by atoms with Crippen molar-refractivity contribution in [3.8, 4) is 0 Å². The third kappa shape index (κ3) is 6.80. The van der Waals surface area contributed by atoms with Gasteiger partial charge >= 0.3 is 0 Å². The molecule has 0 spiro atoms. The molecule has 0 saturated carbocycles. The molecule has 3 aromatic rings. The lowest BCUT2D eigenvalue weighted by molar-refractivity contribution is -0.120. The quantitative estimate of drug-likeness (QED) is 0.399. The first-order chi connectivity index (χ1) is 17.9. The molecule has 38 heavy (non-hydrogen) atoms. The van der Waals surface area contributed by atoms with E-state index in [9.17, 15) is 21.6 Å². The Morgan fingerprint density at radius 2 is 1.74 bits per heavy atom. The van der Waals surface area contributed by atoms with E-state index in [1.165, 1.54) is 34.8 Å². The number of benzene rings is 2. The van der Waals surface area contributed by atoms with Gasteiger partial charge in [-0.1, -0.05) is 29.3 Å². The predicted octanol–water partition coefficient (Wildman–Crippen LogP) is 4.07. The first-order valence-corrected chi connectivity index (χ1v) is 15.4. The minimum Gasteiger partial charge on any atom is -0.326 e. The zero-order chi connectivity index (χ0) is 27.5. The molecule has 1 aromatic heterocycles. The van der Waals surface area contributed by atoms with Crippen LogP contribution in [0.4, 0.5) is 11.6 Å². The van der Waals surface area contributed by atoms with Gasteiger partial charge in [0, 0.05) is 46.3 Å². The monoisotopic (exact) mass is 597 g/mol. The van der Waals surface area contributed by atoms with Crippen molar-refractivity contribution in [2.24, 2.45) is 5.92 Å². The first kappa shape index (κ1) is 28.2. The van der Waals surface area contributed by atoms with Crippen LogP contribution in [-0.2, 0) is 30.6 Å². The van der Waals surface area contributed by atoms with Crippen LogP contribution in [0.15, 0.2) is 59.6 Å².